The van der Waals surface area contributed by atoms with Gasteiger partial charge in [0.2, 0.25) is 0 Å². The molecule has 0 N–H and O–H groups in total. The fourth-order valence-electron chi connectivity index (χ4n) is 2.63. The molecule has 130 valence electrons. The number of hydrogen-bond acceptors (Lipinski definition) is 2. The Kier molecular flexibility index (Phi) is 13.3. The molecule has 0 aliphatic carbocycles. The van der Waals surface area contributed by atoms with Gasteiger partial charge in [-0.05, 0) is 25.2 Å². The zero-order valence-electron chi connectivity index (χ0n) is 15.5. The summed E-state index contributed by atoms with van der Waals surface area (Å²) in [5.74, 6) is 1.06. The highest BCUT2D eigenvalue weighted by atomic mass is 16.5. The predicted octanol–water partition coefficient (Wildman–Crippen LogP) is 6.30. The summed E-state index contributed by atoms with van der Waals surface area (Å²) < 4.78 is 5.18. The first-order valence-corrected chi connectivity index (χ1v) is 9.31. The number of carbonyl (C=O) groups excluding carboxylic acids is 1. The van der Waals surface area contributed by atoms with Crippen LogP contribution in [0.1, 0.15) is 91.9 Å². The summed E-state index contributed by atoms with van der Waals surface area (Å²) >= 11 is 0. The van der Waals surface area contributed by atoms with Crippen molar-refractivity contribution in [1.29, 1.82) is 0 Å². The molecule has 2 nitrogen and oxygen atoms in total. The molecule has 0 fully saturated rings. The lowest BCUT2D eigenvalue weighted by Gasteiger charge is -2.19. The largest absolute Gasteiger partial charge is 0.462 e. The summed E-state index contributed by atoms with van der Waals surface area (Å²) in [4.78, 5) is 11.3. The molecule has 0 aromatic heterocycles. The van der Waals surface area contributed by atoms with Crippen LogP contribution in [0.4, 0.5) is 0 Å². The Morgan fingerprint density at radius 3 is 1.95 bits per heavy atom. The number of hydrogen-bond donors (Lipinski definition) is 0. The maximum Gasteiger partial charge on any atom is 0.333 e. The summed E-state index contributed by atoms with van der Waals surface area (Å²) in [6, 6.07) is 0. The Morgan fingerprint density at radius 2 is 1.41 bits per heavy atom. The first kappa shape index (κ1) is 21.2. The third kappa shape index (κ3) is 11.8. The molecule has 22 heavy (non-hydrogen) atoms. The molecule has 2 atom stereocenters. The molecule has 0 aromatic rings. The van der Waals surface area contributed by atoms with E-state index in [1.807, 2.05) is 0 Å². The maximum absolute atomic E-state index is 11.3. The molecule has 0 aliphatic rings. The van der Waals surface area contributed by atoms with E-state index in [9.17, 15) is 4.79 Å². The quantitative estimate of drug-likeness (QED) is 0.214. The van der Waals surface area contributed by atoms with Crippen LogP contribution < -0.4 is 0 Å². The highest BCUT2D eigenvalue weighted by Crippen LogP contribution is 2.22. The van der Waals surface area contributed by atoms with Gasteiger partial charge in [-0.3, -0.25) is 0 Å². The van der Waals surface area contributed by atoms with Crippen molar-refractivity contribution in [1.82, 2.24) is 0 Å². The average molecular weight is 311 g/mol. The lowest BCUT2D eigenvalue weighted by molar-refractivity contribution is -0.139. The SMILES string of the molecule is C=C(C)C(=O)OCCC(C)C(C)CCCCCCCCCC. The van der Waals surface area contributed by atoms with Gasteiger partial charge in [0, 0.05) is 5.57 Å². The lowest BCUT2D eigenvalue weighted by Crippen LogP contribution is -2.13. The lowest BCUT2D eigenvalue weighted by atomic mass is 9.88. The van der Waals surface area contributed by atoms with Crippen molar-refractivity contribution in [3.8, 4) is 0 Å². The summed E-state index contributed by atoms with van der Waals surface area (Å²) in [5, 5.41) is 0. The molecule has 0 aliphatic heterocycles. The van der Waals surface area contributed by atoms with Crippen LogP contribution in [0.2, 0.25) is 0 Å². The minimum Gasteiger partial charge on any atom is -0.462 e. The fraction of sp³-hybridized carbons (Fsp3) is 0.850. The van der Waals surface area contributed by atoms with Gasteiger partial charge in [-0.2, -0.15) is 0 Å². The topological polar surface area (TPSA) is 26.3 Å². The number of unbranched alkanes of at least 4 members (excludes halogenated alkanes) is 7. The molecule has 0 bridgehead atoms. The highest BCUT2D eigenvalue weighted by Gasteiger charge is 2.13. The van der Waals surface area contributed by atoms with E-state index in [0.29, 0.717) is 24.0 Å². The first-order chi connectivity index (χ1) is 10.5. The van der Waals surface area contributed by atoms with Gasteiger partial charge in [0.1, 0.15) is 0 Å². The Hall–Kier alpha value is -0.790. The molecule has 0 saturated carbocycles. The van der Waals surface area contributed by atoms with E-state index in [1.165, 1.54) is 57.8 Å². The van der Waals surface area contributed by atoms with Crippen molar-refractivity contribution in [3.63, 3.8) is 0 Å². The fourth-order valence-corrected chi connectivity index (χ4v) is 2.63. The second-order valence-corrected chi connectivity index (χ2v) is 6.92. The molecule has 0 spiro atoms. The van der Waals surface area contributed by atoms with Gasteiger partial charge < -0.3 is 4.74 Å². The monoisotopic (exact) mass is 310 g/mol. The second-order valence-electron chi connectivity index (χ2n) is 6.92. The van der Waals surface area contributed by atoms with E-state index in [0.717, 1.165) is 6.42 Å². The van der Waals surface area contributed by atoms with Gasteiger partial charge in [0.05, 0.1) is 6.61 Å². The smallest absolute Gasteiger partial charge is 0.333 e. The van der Waals surface area contributed by atoms with Crippen LogP contribution in [-0.2, 0) is 9.53 Å². The number of ether oxygens (including phenoxy) is 1. The molecule has 2 unspecified atom stereocenters. The molecular weight excluding hydrogens is 272 g/mol. The van der Waals surface area contributed by atoms with E-state index in [-0.39, 0.29) is 5.97 Å². The van der Waals surface area contributed by atoms with Crippen molar-refractivity contribution >= 4 is 5.97 Å². The summed E-state index contributed by atoms with van der Waals surface area (Å²) in [5.41, 5.74) is 0.486. The highest BCUT2D eigenvalue weighted by molar-refractivity contribution is 5.86. The van der Waals surface area contributed by atoms with E-state index >= 15 is 0 Å². The Morgan fingerprint density at radius 1 is 0.909 bits per heavy atom. The van der Waals surface area contributed by atoms with Gasteiger partial charge in [-0.1, -0.05) is 85.1 Å². The van der Waals surface area contributed by atoms with Crippen LogP contribution in [-0.4, -0.2) is 12.6 Å². The van der Waals surface area contributed by atoms with E-state index in [2.05, 4.69) is 27.4 Å². The third-order valence-electron chi connectivity index (χ3n) is 4.64. The number of carbonyl (C=O) groups is 1. The second kappa shape index (κ2) is 13.8. The van der Waals surface area contributed by atoms with E-state index in [4.69, 9.17) is 4.74 Å². The Bertz CT molecular complexity index is 296. The standard InChI is InChI=1S/C20H38O2/c1-6-7-8-9-10-11-12-13-14-18(4)19(5)15-16-22-20(21)17(2)3/h18-19H,2,6-16H2,1,3-5H3. The molecule has 0 heterocycles. The van der Waals surface area contributed by atoms with Crippen LogP contribution in [0.15, 0.2) is 12.2 Å². The third-order valence-corrected chi connectivity index (χ3v) is 4.64. The summed E-state index contributed by atoms with van der Waals surface area (Å²) in [6.07, 6.45) is 13.3. The summed E-state index contributed by atoms with van der Waals surface area (Å²) in [6.45, 7) is 12.7. The van der Waals surface area contributed by atoms with Crippen LogP contribution in [0.5, 0.6) is 0 Å². The van der Waals surface area contributed by atoms with Crippen molar-refractivity contribution in [2.24, 2.45) is 11.8 Å². The van der Waals surface area contributed by atoms with Crippen LogP contribution >= 0.6 is 0 Å². The van der Waals surface area contributed by atoms with Gasteiger partial charge >= 0.3 is 5.97 Å². The number of esters is 1. The molecule has 0 aromatic carbocycles. The van der Waals surface area contributed by atoms with Crippen LogP contribution in [0, 0.1) is 11.8 Å². The van der Waals surface area contributed by atoms with Gasteiger partial charge in [-0.15, -0.1) is 0 Å². The van der Waals surface area contributed by atoms with Crippen molar-refractivity contribution < 1.29 is 9.53 Å². The van der Waals surface area contributed by atoms with Crippen LogP contribution in [0.3, 0.4) is 0 Å². The molecule has 0 amide bonds. The molecule has 2 heteroatoms. The van der Waals surface area contributed by atoms with E-state index < -0.39 is 0 Å². The zero-order chi connectivity index (χ0) is 16.8. The van der Waals surface area contributed by atoms with Crippen molar-refractivity contribution in [2.75, 3.05) is 6.61 Å². The van der Waals surface area contributed by atoms with Crippen molar-refractivity contribution in [2.45, 2.75) is 91.9 Å². The molecular formula is C20H38O2. The minimum absolute atomic E-state index is 0.261. The first-order valence-electron chi connectivity index (χ1n) is 9.31. The maximum atomic E-state index is 11.3. The van der Waals surface area contributed by atoms with Gasteiger partial charge in [0.25, 0.3) is 0 Å². The zero-order valence-corrected chi connectivity index (χ0v) is 15.5. The number of rotatable bonds is 14. The average Bonchev–Trinajstić information content (AvgIpc) is 2.49. The van der Waals surface area contributed by atoms with Crippen LogP contribution in [0.25, 0.3) is 0 Å². The normalized spacial score (nSPS) is 13.6. The molecule has 0 radical (unpaired) electrons. The van der Waals surface area contributed by atoms with Crippen molar-refractivity contribution in [3.05, 3.63) is 12.2 Å². The Balaban J connectivity index is 3.51. The molecule has 0 rings (SSSR count). The minimum atomic E-state index is -0.261. The van der Waals surface area contributed by atoms with Gasteiger partial charge in [-0.25, -0.2) is 4.79 Å². The Labute approximate surface area is 138 Å². The molecule has 0 saturated heterocycles. The summed E-state index contributed by atoms with van der Waals surface area (Å²) in [7, 11) is 0. The van der Waals surface area contributed by atoms with E-state index in [1.54, 1.807) is 6.92 Å². The van der Waals surface area contributed by atoms with Gasteiger partial charge in [0.15, 0.2) is 0 Å². The predicted molar refractivity (Wildman–Crippen MR) is 95.9 cm³/mol.